The molecule has 3 N–H and O–H groups in total. The standard InChI is InChI=1S/C28H27N7O2S/c36-26-25(38-28(37)34-26)14-22-6-10-31-27(33-22)35-11-7-18(8-12-35)15-29-16-19-1-3-24(32-17-19)20-2-4-23-21(13-20)5-9-30-23/h1-6,9-10,13-14,17-18,29-30H,7-8,11-12,15-16H2,(H,34,36,37). The molecule has 2 amide bonds. The highest BCUT2D eigenvalue weighted by Crippen LogP contribution is 2.26. The molecule has 38 heavy (non-hydrogen) atoms. The van der Waals surface area contributed by atoms with Gasteiger partial charge in [0.2, 0.25) is 5.95 Å². The number of nitrogens with one attached hydrogen (secondary N) is 3. The second-order valence-corrected chi connectivity index (χ2v) is 10.5. The number of nitrogens with zero attached hydrogens (tertiary/aromatic N) is 4. The minimum absolute atomic E-state index is 0.354. The summed E-state index contributed by atoms with van der Waals surface area (Å²) in [6.07, 6.45) is 9.33. The van der Waals surface area contributed by atoms with Gasteiger partial charge in [0.15, 0.2) is 0 Å². The Hall–Kier alpha value is -4.02. The zero-order chi connectivity index (χ0) is 25.9. The zero-order valence-corrected chi connectivity index (χ0v) is 21.5. The second kappa shape index (κ2) is 10.8. The molecule has 6 rings (SSSR count). The lowest BCUT2D eigenvalue weighted by Crippen LogP contribution is -2.38. The summed E-state index contributed by atoms with van der Waals surface area (Å²) in [5, 5.41) is 6.69. The lowest BCUT2D eigenvalue weighted by atomic mass is 9.97. The number of pyridine rings is 1. The van der Waals surface area contributed by atoms with Gasteiger partial charge in [0.25, 0.3) is 11.1 Å². The summed E-state index contributed by atoms with van der Waals surface area (Å²) in [7, 11) is 0. The van der Waals surface area contributed by atoms with E-state index in [1.807, 2.05) is 12.4 Å². The third-order valence-electron chi connectivity index (χ3n) is 6.92. The lowest BCUT2D eigenvalue weighted by Gasteiger charge is -2.32. The molecule has 0 unspecified atom stereocenters. The average Bonchev–Trinajstić information content (AvgIpc) is 3.54. The predicted molar refractivity (Wildman–Crippen MR) is 149 cm³/mol. The normalized spacial score (nSPS) is 17.5. The molecule has 0 radical (unpaired) electrons. The maximum atomic E-state index is 11.8. The molecule has 2 saturated heterocycles. The molecule has 5 heterocycles. The number of carbonyl (C=O) groups excluding carboxylic acids is 2. The molecule has 3 aromatic heterocycles. The number of piperidine rings is 1. The van der Waals surface area contributed by atoms with Crippen LogP contribution in [-0.4, -0.2) is 50.7 Å². The summed E-state index contributed by atoms with van der Waals surface area (Å²) in [6, 6.07) is 14.4. The van der Waals surface area contributed by atoms with Crippen LogP contribution >= 0.6 is 11.8 Å². The van der Waals surface area contributed by atoms with E-state index in [4.69, 9.17) is 0 Å². The highest BCUT2D eigenvalue weighted by atomic mass is 32.2. The van der Waals surface area contributed by atoms with E-state index in [2.05, 4.69) is 71.9 Å². The van der Waals surface area contributed by atoms with E-state index in [1.54, 1.807) is 18.3 Å². The summed E-state index contributed by atoms with van der Waals surface area (Å²) in [4.78, 5) is 42.7. The van der Waals surface area contributed by atoms with Gasteiger partial charge in [-0.15, -0.1) is 0 Å². The number of aromatic amines is 1. The minimum atomic E-state index is -0.380. The number of anilines is 1. The third-order valence-corrected chi connectivity index (χ3v) is 7.73. The first-order chi connectivity index (χ1) is 18.6. The maximum Gasteiger partial charge on any atom is 0.290 e. The van der Waals surface area contributed by atoms with Gasteiger partial charge in [-0.3, -0.25) is 19.9 Å². The van der Waals surface area contributed by atoms with E-state index >= 15 is 0 Å². The molecular weight excluding hydrogens is 498 g/mol. The van der Waals surface area contributed by atoms with Gasteiger partial charge in [-0.25, -0.2) is 9.97 Å². The Bertz CT molecular complexity index is 1510. The fourth-order valence-electron chi connectivity index (χ4n) is 4.82. The molecule has 2 aliphatic rings. The number of amides is 2. The van der Waals surface area contributed by atoms with E-state index in [1.165, 1.54) is 10.9 Å². The van der Waals surface area contributed by atoms with Gasteiger partial charge in [-0.2, -0.15) is 0 Å². The largest absolute Gasteiger partial charge is 0.361 e. The van der Waals surface area contributed by atoms with Crippen LogP contribution in [0.4, 0.5) is 10.7 Å². The molecule has 192 valence electrons. The second-order valence-electron chi connectivity index (χ2n) is 9.53. The Kier molecular flexibility index (Phi) is 6.89. The van der Waals surface area contributed by atoms with Crippen LogP contribution in [0.25, 0.3) is 28.2 Å². The molecule has 9 nitrogen and oxygen atoms in total. The van der Waals surface area contributed by atoms with Crippen molar-refractivity contribution < 1.29 is 9.59 Å². The van der Waals surface area contributed by atoms with Crippen LogP contribution in [0.2, 0.25) is 0 Å². The van der Waals surface area contributed by atoms with Gasteiger partial charge < -0.3 is 15.2 Å². The van der Waals surface area contributed by atoms with E-state index in [9.17, 15) is 9.59 Å². The minimum Gasteiger partial charge on any atom is -0.361 e. The first-order valence-corrected chi connectivity index (χ1v) is 13.5. The fraction of sp³-hybridized carbons (Fsp3) is 0.250. The Balaban J connectivity index is 0.979. The van der Waals surface area contributed by atoms with Crippen LogP contribution in [-0.2, 0) is 11.3 Å². The first-order valence-electron chi connectivity index (χ1n) is 12.7. The molecule has 0 spiro atoms. The van der Waals surface area contributed by atoms with Crippen molar-refractivity contribution in [3.8, 4) is 11.3 Å². The van der Waals surface area contributed by atoms with Gasteiger partial charge in [-0.05, 0) is 79.0 Å². The van der Waals surface area contributed by atoms with Gasteiger partial charge in [-0.1, -0.05) is 12.1 Å². The SMILES string of the molecule is O=C1NC(=O)C(=Cc2ccnc(N3CCC(CNCc4ccc(-c5ccc6[nH]ccc6c5)nc4)CC3)n2)S1. The third kappa shape index (κ3) is 5.46. The number of fused-ring (bicyclic) bond motifs is 1. The van der Waals surface area contributed by atoms with E-state index in [-0.39, 0.29) is 11.1 Å². The summed E-state index contributed by atoms with van der Waals surface area (Å²) < 4.78 is 0. The maximum absolute atomic E-state index is 11.8. The van der Waals surface area contributed by atoms with Gasteiger partial charge in [0.05, 0.1) is 16.3 Å². The molecule has 0 saturated carbocycles. The van der Waals surface area contributed by atoms with Crippen LogP contribution in [0.15, 0.2) is 66.0 Å². The van der Waals surface area contributed by atoms with Crippen LogP contribution in [0.5, 0.6) is 0 Å². The van der Waals surface area contributed by atoms with Gasteiger partial charge in [0, 0.05) is 54.7 Å². The number of aromatic nitrogens is 4. The Morgan fingerprint density at radius 1 is 1.08 bits per heavy atom. The van der Waals surface area contributed by atoms with Crippen molar-refractivity contribution in [2.45, 2.75) is 19.4 Å². The summed E-state index contributed by atoms with van der Waals surface area (Å²) >= 11 is 0.892. The molecular formula is C28H27N7O2S. The van der Waals surface area contributed by atoms with Crippen molar-refractivity contribution in [2.24, 2.45) is 5.92 Å². The van der Waals surface area contributed by atoms with E-state index < -0.39 is 0 Å². The van der Waals surface area contributed by atoms with Crippen molar-refractivity contribution in [3.63, 3.8) is 0 Å². The van der Waals surface area contributed by atoms with Crippen LogP contribution in [0.1, 0.15) is 24.1 Å². The number of hydrogen-bond donors (Lipinski definition) is 3. The number of rotatable bonds is 7. The van der Waals surface area contributed by atoms with Crippen molar-refractivity contribution in [1.82, 2.24) is 30.6 Å². The zero-order valence-electron chi connectivity index (χ0n) is 20.7. The summed E-state index contributed by atoms with van der Waals surface area (Å²) in [6.45, 7) is 3.50. The fourth-order valence-corrected chi connectivity index (χ4v) is 5.49. The van der Waals surface area contributed by atoms with Crippen LogP contribution in [0, 0.1) is 5.92 Å². The monoisotopic (exact) mass is 525 g/mol. The molecule has 0 bridgehead atoms. The average molecular weight is 526 g/mol. The number of H-pyrrole nitrogens is 1. The molecule has 2 fully saturated rings. The number of carbonyl (C=O) groups is 2. The van der Waals surface area contributed by atoms with E-state index in [0.717, 1.165) is 67.6 Å². The topological polar surface area (TPSA) is 116 Å². The van der Waals surface area contributed by atoms with Gasteiger partial charge >= 0.3 is 0 Å². The molecule has 10 heteroatoms. The quantitative estimate of drug-likeness (QED) is 0.305. The van der Waals surface area contributed by atoms with Crippen molar-refractivity contribution >= 4 is 45.8 Å². The van der Waals surface area contributed by atoms with Crippen molar-refractivity contribution in [1.29, 1.82) is 0 Å². The Labute approximate surface area is 224 Å². The Morgan fingerprint density at radius 2 is 1.97 bits per heavy atom. The summed E-state index contributed by atoms with van der Waals surface area (Å²) in [5.74, 6) is 0.860. The highest BCUT2D eigenvalue weighted by molar-refractivity contribution is 8.18. The molecule has 1 aromatic carbocycles. The lowest BCUT2D eigenvalue weighted by molar-refractivity contribution is -0.115. The van der Waals surface area contributed by atoms with Crippen molar-refractivity contribution in [2.75, 3.05) is 24.5 Å². The number of hydrogen-bond acceptors (Lipinski definition) is 8. The summed E-state index contributed by atoms with van der Waals surface area (Å²) in [5.41, 5.74) is 5.02. The number of benzene rings is 1. The number of thioether (sulfide) groups is 1. The van der Waals surface area contributed by atoms with Crippen LogP contribution < -0.4 is 15.5 Å². The van der Waals surface area contributed by atoms with Crippen LogP contribution in [0.3, 0.4) is 0 Å². The first kappa shape index (κ1) is 24.3. The molecule has 2 aliphatic heterocycles. The predicted octanol–water partition coefficient (Wildman–Crippen LogP) is 4.35. The molecule has 0 aliphatic carbocycles. The number of imide groups is 1. The molecule has 4 aromatic rings. The Morgan fingerprint density at radius 3 is 2.76 bits per heavy atom. The van der Waals surface area contributed by atoms with Crippen molar-refractivity contribution in [3.05, 3.63) is 77.2 Å². The highest BCUT2D eigenvalue weighted by Gasteiger charge is 2.25. The van der Waals surface area contributed by atoms with E-state index in [0.29, 0.717) is 22.5 Å². The van der Waals surface area contributed by atoms with Gasteiger partial charge in [0.1, 0.15) is 0 Å². The smallest absolute Gasteiger partial charge is 0.290 e. The molecule has 0 atom stereocenters.